The van der Waals surface area contributed by atoms with Gasteiger partial charge in [0.1, 0.15) is 36.6 Å². The van der Waals surface area contributed by atoms with Crippen molar-refractivity contribution in [2.24, 2.45) is 0 Å². The Morgan fingerprint density at radius 1 is 1.15 bits per heavy atom. The summed E-state index contributed by atoms with van der Waals surface area (Å²) in [6.45, 7) is 3.07. The maximum Gasteiger partial charge on any atom is 0.159 e. The third-order valence-corrected chi connectivity index (χ3v) is 3.76. The first kappa shape index (κ1) is 19.9. The van der Waals surface area contributed by atoms with Gasteiger partial charge in [-0.1, -0.05) is 12.1 Å². The first-order valence-electron chi connectivity index (χ1n) is 8.43. The molecule has 2 rings (SSSR count). The molecule has 26 heavy (non-hydrogen) atoms. The van der Waals surface area contributed by atoms with Crippen LogP contribution in [0.1, 0.15) is 17.3 Å². The van der Waals surface area contributed by atoms with Crippen molar-refractivity contribution in [3.8, 4) is 11.5 Å². The Morgan fingerprint density at radius 3 is 2.58 bits per heavy atom. The van der Waals surface area contributed by atoms with Crippen molar-refractivity contribution in [2.45, 2.75) is 13.0 Å². The number of carbonyl (C=O) groups excluding carboxylic acids is 1. The fourth-order valence-electron chi connectivity index (χ4n) is 2.35. The number of hydrogen-bond acceptors (Lipinski definition) is 5. The standard InChI is InChI=1S/C20H24FNO4/c1-15(23)16-4-3-5-20(12-16)26-14-18(24)13-22(2)10-11-25-19-8-6-17(21)7-9-19/h3-9,12,18,24H,10-11,13-14H2,1-2H3. The third-order valence-electron chi connectivity index (χ3n) is 3.76. The number of hydrogen-bond donors (Lipinski definition) is 1. The molecule has 0 radical (unpaired) electrons. The average molecular weight is 361 g/mol. The first-order valence-corrected chi connectivity index (χ1v) is 8.43. The van der Waals surface area contributed by atoms with E-state index in [-0.39, 0.29) is 18.2 Å². The molecule has 0 aliphatic carbocycles. The van der Waals surface area contributed by atoms with Crippen LogP contribution in [0.25, 0.3) is 0 Å². The highest BCUT2D eigenvalue weighted by Crippen LogP contribution is 2.14. The Morgan fingerprint density at radius 2 is 1.88 bits per heavy atom. The van der Waals surface area contributed by atoms with Gasteiger partial charge in [-0.05, 0) is 50.4 Å². The average Bonchev–Trinajstić information content (AvgIpc) is 2.62. The van der Waals surface area contributed by atoms with Gasteiger partial charge in [-0.3, -0.25) is 4.79 Å². The van der Waals surface area contributed by atoms with E-state index < -0.39 is 6.10 Å². The van der Waals surface area contributed by atoms with Crippen LogP contribution in [-0.2, 0) is 0 Å². The summed E-state index contributed by atoms with van der Waals surface area (Å²) in [7, 11) is 1.87. The molecule has 6 heteroatoms. The lowest BCUT2D eigenvalue weighted by Crippen LogP contribution is -2.35. The van der Waals surface area contributed by atoms with Crippen molar-refractivity contribution >= 4 is 5.78 Å². The van der Waals surface area contributed by atoms with Gasteiger partial charge in [-0.15, -0.1) is 0 Å². The van der Waals surface area contributed by atoms with Crippen LogP contribution in [0.5, 0.6) is 11.5 Å². The summed E-state index contributed by atoms with van der Waals surface area (Å²) in [5.41, 5.74) is 0.576. The molecule has 0 aliphatic rings. The Labute approximate surface area is 153 Å². The van der Waals surface area contributed by atoms with Gasteiger partial charge in [-0.2, -0.15) is 0 Å². The van der Waals surface area contributed by atoms with Crippen LogP contribution in [0, 0.1) is 5.82 Å². The van der Waals surface area contributed by atoms with Crippen LogP contribution >= 0.6 is 0 Å². The molecule has 0 spiro atoms. The fourth-order valence-corrected chi connectivity index (χ4v) is 2.35. The van der Waals surface area contributed by atoms with E-state index in [2.05, 4.69) is 0 Å². The third kappa shape index (κ3) is 6.82. The molecule has 0 aromatic heterocycles. The predicted molar refractivity (Wildman–Crippen MR) is 97.3 cm³/mol. The van der Waals surface area contributed by atoms with Crippen LogP contribution in [0.3, 0.4) is 0 Å². The van der Waals surface area contributed by atoms with E-state index in [4.69, 9.17) is 9.47 Å². The second-order valence-corrected chi connectivity index (χ2v) is 6.11. The minimum absolute atomic E-state index is 0.0307. The summed E-state index contributed by atoms with van der Waals surface area (Å²) in [5, 5.41) is 10.1. The molecule has 1 unspecified atom stereocenters. The van der Waals surface area contributed by atoms with Crippen molar-refractivity contribution in [3.63, 3.8) is 0 Å². The Balaban J connectivity index is 1.68. The molecule has 0 bridgehead atoms. The number of Topliss-reactive ketones (excluding diaryl/α,β-unsaturated/α-hetero) is 1. The zero-order valence-corrected chi connectivity index (χ0v) is 15.0. The predicted octanol–water partition coefficient (Wildman–Crippen LogP) is 2.78. The summed E-state index contributed by atoms with van der Waals surface area (Å²) in [5.74, 6) is 0.830. The van der Waals surface area contributed by atoms with E-state index in [0.29, 0.717) is 36.8 Å². The molecule has 0 aliphatic heterocycles. The van der Waals surface area contributed by atoms with Crippen molar-refractivity contribution in [1.82, 2.24) is 4.90 Å². The van der Waals surface area contributed by atoms with E-state index in [1.807, 2.05) is 11.9 Å². The quantitative estimate of drug-likeness (QED) is 0.660. The summed E-state index contributed by atoms with van der Waals surface area (Å²) >= 11 is 0. The zero-order chi connectivity index (χ0) is 18.9. The highest BCUT2D eigenvalue weighted by atomic mass is 19.1. The number of halogens is 1. The maximum atomic E-state index is 12.8. The minimum atomic E-state index is -0.674. The normalized spacial score (nSPS) is 12.0. The van der Waals surface area contributed by atoms with Crippen LogP contribution < -0.4 is 9.47 Å². The van der Waals surface area contributed by atoms with Gasteiger partial charge < -0.3 is 19.5 Å². The highest BCUT2D eigenvalue weighted by Gasteiger charge is 2.10. The zero-order valence-electron chi connectivity index (χ0n) is 15.0. The minimum Gasteiger partial charge on any atom is -0.492 e. The Kier molecular flexibility index (Phi) is 7.56. The lowest BCUT2D eigenvalue weighted by molar-refractivity contribution is 0.0722. The van der Waals surface area contributed by atoms with Gasteiger partial charge in [0.2, 0.25) is 0 Å². The van der Waals surface area contributed by atoms with E-state index in [0.717, 1.165) is 0 Å². The molecule has 2 aromatic rings. The largest absolute Gasteiger partial charge is 0.492 e. The number of aliphatic hydroxyl groups excluding tert-OH is 1. The van der Waals surface area contributed by atoms with E-state index in [1.54, 1.807) is 36.4 Å². The van der Waals surface area contributed by atoms with E-state index in [1.165, 1.54) is 19.1 Å². The fraction of sp³-hybridized carbons (Fsp3) is 0.350. The number of aliphatic hydroxyl groups is 1. The second kappa shape index (κ2) is 9.89. The van der Waals surface area contributed by atoms with Crippen molar-refractivity contribution in [3.05, 3.63) is 59.9 Å². The molecular weight excluding hydrogens is 337 g/mol. The highest BCUT2D eigenvalue weighted by molar-refractivity contribution is 5.94. The van der Waals surface area contributed by atoms with Crippen molar-refractivity contribution in [2.75, 3.05) is 33.4 Å². The number of nitrogens with zero attached hydrogens (tertiary/aromatic N) is 1. The monoisotopic (exact) mass is 361 g/mol. The number of carbonyl (C=O) groups is 1. The Hall–Kier alpha value is -2.44. The van der Waals surface area contributed by atoms with Gasteiger partial charge >= 0.3 is 0 Å². The van der Waals surface area contributed by atoms with Crippen molar-refractivity contribution < 1.29 is 23.8 Å². The molecule has 0 heterocycles. The summed E-state index contributed by atoms with van der Waals surface area (Å²) < 4.78 is 23.9. The molecule has 140 valence electrons. The number of likely N-dealkylation sites (N-methyl/N-ethyl adjacent to an activating group) is 1. The summed E-state index contributed by atoms with van der Waals surface area (Å²) in [6, 6.07) is 12.7. The second-order valence-electron chi connectivity index (χ2n) is 6.11. The van der Waals surface area contributed by atoms with Gasteiger partial charge in [0.05, 0.1) is 0 Å². The molecule has 0 saturated heterocycles. The van der Waals surface area contributed by atoms with E-state index in [9.17, 15) is 14.3 Å². The molecule has 1 N–H and O–H groups in total. The molecule has 2 aromatic carbocycles. The SMILES string of the molecule is CC(=O)c1cccc(OCC(O)CN(C)CCOc2ccc(F)cc2)c1. The molecule has 1 atom stereocenters. The molecule has 0 amide bonds. The number of ketones is 1. The molecule has 5 nitrogen and oxygen atoms in total. The van der Waals surface area contributed by atoms with Gasteiger partial charge in [-0.25, -0.2) is 4.39 Å². The number of benzene rings is 2. The van der Waals surface area contributed by atoms with Crippen LogP contribution in [-0.4, -0.2) is 55.2 Å². The van der Waals surface area contributed by atoms with Crippen molar-refractivity contribution in [1.29, 1.82) is 0 Å². The first-order chi connectivity index (χ1) is 12.4. The van der Waals surface area contributed by atoms with Gasteiger partial charge in [0.15, 0.2) is 5.78 Å². The summed E-state index contributed by atoms with van der Waals surface area (Å²) in [6.07, 6.45) is -0.674. The lowest BCUT2D eigenvalue weighted by atomic mass is 10.1. The number of rotatable bonds is 10. The molecular formula is C20H24FNO4. The van der Waals surface area contributed by atoms with Gasteiger partial charge in [0.25, 0.3) is 0 Å². The molecule has 0 saturated carbocycles. The smallest absolute Gasteiger partial charge is 0.159 e. The maximum absolute atomic E-state index is 12.8. The Bertz CT molecular complexity index is 705. The summed E-state index contributed by atoms with van der Waals surface area (Å²) in [4.78, 5) is 13.3. The lowest BCUT2D eigenvalue weighted by Gasteiger charge is -2.21. The van der Waals surface area contributed by atoms with Crippen LogP contribution in [0.15, 0.2) is 48.5 Å². The number of ether oxygens (including phenoxy) is 2. The topological polar surface area (TPSA) is 59.0 Å². The van der Waals surface area contributed by atoms with Gasteiger partial charge in [0, 0.05) is 18.7 Å². The van der Waals surface area contributed by atoms with Crippen LogP contribution in [0.2, 0.25) is 0 Å². The van der Waals surface area contributed by atoms with Crippen LogP contribution in [0.4, 0.5) is 4.39 Å². The van der Waals surface area contributed by atoms with E-state index >= 15 is 0 Å². The molecule has 0 fully saturated rings.